The van der Waals surface area contributed by atoms with Gasteiger partial charge in [0.25, 0.3) is 0 Å². The Morgan fingerprint density at radius 2 is 2.05 bits per heavy atom. The number of aryl methyl sites for hydroxylation is 2. The molecular weight excluding hydrogens is 284 g/mol. The van der Waals surface area contributed by atoms with E-state index in [2.05, 4.69) is 10.3 Å². The van der Waals surface area contributed by atoms with Gasteiger partial charge in [0.15, 0.2) is 0 Å². The van der Waals surface area contributed by atoms with E-state index in [0.29, 0.717) is 6.04 Å². The summed E-state index contributed by atoms with van der Waals surface area (Å²) in [6.45, 7) is 4.76. The van der Waals surface area contributed by atoms with E-state index < -0.39 is 0 Å². The highest BCUT2D eigenvalue weighted by molar-refractivity contribution is 6.30. The summed E-state index contributed by atoms with van der Waals surface area (Å²) in [6.07, 6.45) is 4.43. The van der Waals surface area contributed by atoms with Crippen molar-refractivity contribution in [3.63, 3.8) is 0 Å². The fourth-order valence-electron chi connectivity index (χ4n) is 2.18. The lowest BCUT2D eigenvalue weighted by Gasteiger charge is -2.14. The Balaban J connectivity index is 1.83. The molecule has 0 radical (unpaired) electrons. The van der Waals surface area contributed by atoms with Crippen LogP contribution < -0.4 is 10.1 Å². The Labute approximate surface area is 130 Å². The third-order valence-electron chi connectivity index (χ3n) is 3.60. The van der Waals surface area contributed by atoms with Crippen LogP contribution in [0.25, 0.3) is 0 Å². The summed E-state index contributed by atoms with van der Waals surface area (Å²) in [7, 11) is 0. The molecule has 1 heterocycles. The van der Waals surface area contributed by atoms with Gasteiger partial charge in [0.05, 0.1) is 0 Å². The van der Waals surface area contributed by atoms with E-state index in [9.17, 15) is 0 Å². The van der Waals surface area contributed by atoms with Crippen molar-refractivity contribution >= 4 is 11.6 Å². The van der Waals surface area contributed by atoms with Crippen LogP contribution in [0.3, 0.4) is 0 Å². The van der Waals surface area contributed by atoms with Gasteiger partial charge < -0.3 is 10.1 Å². The Hall–Kier alpha value is -1.58. The standard InChI is InChI=1S/C17H19ClN2O/c1-11-7-14(18)3-6-16(11)21-17-8-12(2)19-9-13(17)10-20-15-4-5-15/h3,6-9,15,20H,4-5,10H2,1-2H3. The second-order valence-electron chi connectivity index (χ2n) is 5.60. The maximum absolute atomic E-state index is 6.09. The maximum Gasteiger partial charge on any atom is 0.135 e. The first-order valence-corrected chi connectivity index (χ1v) is 7.62. The Morgan fingerprint density at radius 3 is 2.76 bits per heavy atom. The molecule has 3 nitrogen and oxygen atoms in total. The lowest BCUT2D eigenvalue weighted by Crippen LogP contribution is -2.16. The molecule has 0 bridgehead atoms. The molecule has 1 N–H and O–H groups in total. The molecule has 1 aromatic carbocycles. The summed E-state index contributed by atoms with van der Waals surface area (Å²) in [5, 5.41) is 4.22. The zero-order valence-electron chi connectivity index (χ0n) is 12.3. The molecule has 1 saturated carbocycles. The summed E-state index contributed by atoms with van der Waals surface area (Å²) in [5.74, 6) is 1.69. The number of hydrogen-bond donors (Lipinski definition) is 1. The topological polar surface area (TPSA) is 34.1 Å². The van der Waals surface area contributed by atoms with Gasteiger partial charge in [-0.1, -0.05) is 11.6 Å². The third kappa shape index (κ3) is 3.74. The molecule has 110 valence electrons. The summed E-state index contributed by atoms with van der Waals surface area (Å²) in [6, 6.07) is 8.31. The molecule has 21 heavy (non-hydrogen) atoms. The Bertz CT molecular complexity index is 653. The molecule has 1 aliphatic rings. The van der Waals surface area contributed by atoms with Gasteiger partial charge in [-0.3, -0.25) is 4.98 Å². The van der Waals surface area contributed by atoms with E-state index >= 15 is 0 Å². The molecule has 0 saturated heterocycles. The predicted molar refractivity (Wildman–Crippen MR) is 85.1 cm³/mol. The normalized spacial score (nSPS) is 14.2. The molecule has 3 rings (SSSR count). The molecule has 4 heteroatoms. The Morgan fingerprint density at radius 1 is 1.24 bits per heavy atom. The van der Waals surface area contributed by atoms with Crippen LogP contribution >= 0.6 is 11.6 Å². The van der Waals surface area contributed by atoms with Gasteiger partial charge in [0, 0.05) is 41.1 Å². The van der Waals surface area contributed by atoms with Crippen molar-refractivity contribution in [1.82, 2.24) is 10.3 Å². The second-order valence-corrected chi connectivity index (χ2v) is 6.04. The highest BCUT2D eigenvalue weighted by Crippen LogP contribution is 2.30. The van der Waals surface area contributed by atoms with Gasteiger partial charge in [-0.2, -0.15) is 0 Å². The van der Waals surface area contributed by atoms with Crippen LogP contribution in [0, 0.1) is 13.8 Å². The fraction of sp³-hybridized carbons (Fsp3) is 0.353. The number of benzene rings is 1. The van der Waals surface area contributed by atoms with E-state index in [1.54, 1.807) is 0 Å². The van der Waals surface area contributed by atoms with Gasteiger partial charge in [-0.25, -0.2) is 0 Å². The molecule has 1 aromatic heterocycles. The fourth-order valence-corrected chi connectivity index (χ4v) is 2.41. The van der Waals surface area contributed by atoms with E-state index in [1.807, 2.05) is 44.3 Å². The van der Waals surface area contributed by atoms with Gasteiger partial charge >= 0.3 is 0 Å². The molecule has 0 amide bonds. The minimum absolute atomic E-state index is 0.663. The molecule has 1 aliphatic carbocycles. The largest absolute Gasteiger partial charge is 0.457 e. The average Bonchev–Trinajstić information content (AvgIpc) is 3.25. The lowest BCUT2D eigenvalue weighted by atomic mass is 10.2. The first kappa shape index (κ1) is 14.4. The molecule has 2 aromatic rings. The van der Waals surface area contributed by atoms with Gasteiger partial charge in [0.2, 0.25) is 0 Å². The molecular formula is C17H19ClN2O. The highest BCUT2D eigenvalue weighted by atomic mass is 35.5. The zero-order chi connectivity index (χ0) is 14.8. The first-order chi connectivity index (χ1) is 10.1. The zero-order valence-corrected chi connectivity index (χ0v) is 13.1. The van der Waals surface area contributed by atoms with Crippen LogP contribution in [0.2, 0.25) is 5.02 Å². The quantitative estimate of drug-likeness (QED) is 0.889. The van der Waals surface area contributed by atoms with Crippen LogP contribution in [0.5, 0.6) is 11.5 Å². The monoisotopic (exact) mass is 302 g/mol. The van der Waals surface area contributed by atoms with Crippen molar-refractivity contribution in [3.8, 4) is 11.5 Å². The van der Waals surface area contributed by atoms with Gasteiger partial charge in [-0.15, -0.1) is 0 Å². The summed E-state index contributed by atoms with van der Waals surface area (Å²) in [5.41, 5.74) is 3.06. The van der Waals surface area contributed by atoms with E-state index in [-0.39, 0.29) is 0 Å². The predicted octanol–water partition coefficient (Wildman–Crippen LogP) is 4.40. The molecule has 1 fully saturated rings. The number of hydrogen-bond acceptors (Lipinski definition) is 3. The lowest BCUT2D eigenvalue weighted by molar-refractivity contribution is 0.467. The smallest absolute Gasteiger partial charge is 0.135 e. The van der Waals surface area contributed by atoms with Crippen molar-refractivity contribution in [2.75, 3.05) is 0 Å². The minimum atomic E-state index is 0.663. The molecule has 0 aliphatic heterocycles. The number of pyridine rings is 1. The maximum atomic E-state index is 6.09. The SMILES string of the molecule is Cc1cc(Oc2ccc(Cl)cc2C)c(CNC2CC2)cn1. The van der Waals surface area contributed by atoms with Crippen molar-refractivity contribution in [3.05, 3.63) is 52.3 Å². The van der Waals surface area contributed by atoms with E-state index in [4.69, 9.17) is 16.3 Å². The van der Waals surface area contributed by atoms with Crippen LogP contribution in [0.1, 0.15) is 29.7 Å². The minimum Gasteiger partial charge on any atom is -0.457 e. The first-order valence-electron chi connectivity index (χ1n) is 7.25. The third-order valence-corrected chi connectivity index (χ3v) is 3.83. The second kappa shape index (κ2) is 6.04. The summed E-state index contributed by atoms with van der Waals surface area (Å²) < 4.78 is 6.09. The van der Waals surface area contributed by atoms with Crippen LogP contribution in [-0.4, -0.2) is 11.0 Å². The van der Waals surface area contributed by atoms with Crippen LogP contribution in [0.4, 0.5) is 0 Å². The number of aromatic nitrogens is 1. The van der Waals surface area contributed by atoms with Crippen molar-refractivity contribution < 1.29 is 4.74 Å². The summed E-state index contributed by atoms with van der Waals surface area (Å²) >= 11 is 5.99. The van der Waals surface area contributed by atoms with Gasteiger partial charge in [-0.05, 0) is 50.5 Å². The Kier molecular flexibility index (Phi) is 4.13. The molecule has 0 unspecified atom stereocenters. The molecule has 0 spiro atoms. The number of nitrogens with one attached hydrogen (secondary N) is 1. The van der Waals surface area contributed by atoms with E-state index in [1.165, 1.54) is 12.8 Å². The number of nitrogens with zero attached hydrogens (tertiary/aromatic N) is 1. The van der Waals surface area contributed by atoms with Crippen LogP contribution in [-0.2, 0) is 6.54 Å². The average molecular weight is 303 g/mol. The van der Waals surface area contributed by atoms with Crippen molar-refractivity contribution in [2.24, 2.45) is 0 Å². The summed E-state index contributed by atoms with van der Waals surface area (Å²) in [4.78, 5) is 4.38. The van der Waals surface area contributed by atoms with Crippen LogP contribution in [0.15, 0.2) is 30.5 Å². The van der Waals surface area contributed by atoms with Crippen molar-refractivity contribution in [2.45, 2.75) is 39.3 Å². The highest BCUT2D eigenvalue weighted by Gasteiger charge is 2.21. The molecule has 0 atom stereocenters. The number of halogens is 1. The number of ether oxygens (including phenoxy) is 1. The van der Waals surface area contributed by atoms with E-state index in [0.717, 1.165) is 39.9 Å². The van der Waals surface area contributed by atoms with Gasteiger partial charge in [0.1, 0.15) is 11.5 Å². The number of rotatable bonds is 5. The van der Waals surface area contributed by atoms with Crippen molar-refractivity contribution in [1.29, 1.82) is 0 Å².